The van der Waals surface area contributed by atoms with Crippen LogP contribution < -0.4 is 14.4 Å². The quantitative estimate of drug-likeness (QED) is 0.223. The van der Waals surface area contributed by atoms with Crippen LogP contribution in [0.1, 0.15) is 200 Å². The summed E-state index contributed by atoms with van der Waals surface area (Å²) < 4.78 is 14.9. The summed E-state index contributed by atoms with van der Waals surface area (Å²) in [6.07, 6.45) is 4.57. The van der Waals surface area contributed by atoms with E-state index in [1.165, 1.54) is 16.7 Å². The zero-order valence-corrected chi connectivity index (χ0v) is 37.6. The number of hydrogen-bond donors (Lipinski definition) is 1. The Morgan fingerprint density at radius 3 is 1.12 bits per heavy atom. The van der Waals surface area contributed by atoms with E-state index >= 15 is 0 Å². The Morgan fingerprint density at radius 2 is 0.827 bits per heavy atom. The first-order chi connectivity index (χ1) is 23.6. The van der Waals surface area contributed by atoms with E-state index in [9.17, 15) is 4.89 Å². The second kappa shape index (κ2) is 14.1. The molecule has 0 spiro atoms. The summed E-state index contributed by atoms with van der Waals surface area (Å²) in [7, 11) is -3.88. The molecule has 0 atom stereocenters. The fraction of sp³-hybridized carbons (Fsp3) is 0.625. The van der Waals surface area contributed by atoms with Crippen molar-refractivity contribution < 1.29 is 13.9 Å². The van der Waals surface area contributed by atoms with Crippen LogP contribution >= 0.6 is 7.94 Å². The molecule has 1 heterocycles. The van der Waals surface area contributed by atoms with E-state index in [1.807, 2.05) is 0 Å². The number of fused-ring (bicyclic) bond motifs is 2. The molecular formula is C48H74O3P+. The van der Waals surface area contributed by atoms with Gasteiger partial charge in [-0.25, -0.2) is 0 Å². The van der Waals surface area contributed by atoms with E-state index in [4.69, 9.17) is 9.05 Å². The zero-order valence-electron chi connectivity index (χ0n) is 36.7. The van der Waals surface area contributed by atoms with E-state index in [1.54, 1.807) is 0 Å². The molecule has 288 valence electrons. The minimum absolute atomic E-state index is 0.0298. The van der Waals surface area contributed by atoms with Gasteiger partial charge in [0, 0.05) is 39.8 Å². The van der Waals surface area contributed by atoms with Crippen molar-refractivity contribution in [2.75, 3.05) is 0 Å². The SMILES string of the molecule is CCC(C)(C)c1cc2c(c(C(C)(C)CC)c1)O[P+](O)(c1c(C(C)(C)C)cc(C)cc1C(C)(C)C)Oc1c(cc(C(C)(C)CC)cc1C(C)(C)CC)C2. The van der Waals surface area contributed by atoms with Crippen LogP contribution in [-0.2, 0) is 38.9 Å². The third kappa shape index (κ3) is 8.03. The molecule has 1 N–H and O–H groups in total. The van der Waals surface area contributed by atoms with Gasteiger partial charge in [-0.05, 0) is 76.2 Å². The maximum atomic E-state index is 13.9. The standard InChI is InChI=1S/C48H74O3P/c1-20-45(12,13)34-27-32-26-33-28-35(46(14,15)21-2)30-37(48(18,19)23-4)41(33)51-52(49,50-40(32)36(29-34)47(16,17)22-3)42-38(43(6,7)8)24-31(5)25-39(42)44(9,10)11/h24-25,27-30,49H,20-23,26H2,1-19H3/q+1. The third-order valence-electron chi connectivity index (χ3n) is 12.9. The first kappa shape index (κ1) is 42.4. The molecule has 1 aliphatic rings. The highest BCUT2D eigenvalue weighted by Gasteiger charge is 2.57. The first-order valence-electron chi connectivity index (χ1n) is 20.1. The molecule has 52 heavy (non-hydrogen) atoms. The lowest BCUT2D eigenvalue weighted by atomic mass is 9.73. The molecule has 0 saturated carbocycles. The van der Waals surface area contributed by atoms with E-state index < -0.39 is 7.94 Å². The monoisotopic (exact) mass is 730 g/mol. The van der Waals surface area contributed by atoms with Crippen molar-refractivity contribution in [2.24, 2.45) is 0 Å². The molecule has 4 heteroatoms. The highest BCUT2D eigenvalue weighted by Crippen LogP contribution is 2.63. The van der Waals surface area contributed by atoms with Crippen molar-refractivity contribution in [1.29, 1.82) is 0 Å². The molecule has 0 bridgehead atoms. The molecule has 0 unspecified atom stereocenters. The molecule has 0 amide bonds. The Balaban J connectivity index is 2.34. The highest BCUT2D eigenvalue weighted by atomic mass is 31.2. The van der Waals surface area contributed by atoms with E-state index in [0.717, 1.165) is 75.9 Å². The summed E-state index contributed by atoms with van der Waals surface area (Å²) >= 11 is 0. The van der Waals surface area contributed by atoms with Gasteiger partial charge >= 0.3 is 7.94 Å². The first-order valence-corrected chi connectivity index (χ1v) is 21.7. The van der Waals surface area contributed by atoms with Gasteiger partial charge in [0.25, 0.3) is 0 Å². The maximum Gasteiger partial charge on any atom is 0.533 e. The average molecular weight is 730 g/mol. The molecular weight excluding hydrogens is 655 g/mol. The molecule has 0 saturated heterocycles. The predicted molar refractivity (Wildman–Crippen MR) is 228 cm³/mol. The van der Waals surface area contributed by atoms with Crippen LogP contribution in [0.25, 0.3) is 0 Å². The molecule has 0 aromatic heterocycles. The lowest BCUT2D eigenvalue weighted by Gasteiger charge is -2.37. The van der Waals surface area contributed by atoms with Crippen LogP contribution in [0.2, 0.25) is 0 Å². The molecule has 3 nitrogen and oxygen atoms in total. The van der Waals surface area contributed by atoms with Crippen molar-refractivity contribution in [3.8, 4) is 11.5 Å². The van der Waals surface area contributed by atoms with Gasteiger partial charge < -0.3 is 0 Å². The van der Waals surface area contributed by atoms with Gasteiger partial charge in [0.15, 0.2) is 11.5 Å². The van der Waals surface area contributed by atoms with Crippen molar-refractivity contribution in [2.45, 2.75) is 196 Å². The molecule has 3 aromatic rings. The second-order valence-corrected chi connectivity index (χ2v) is 22.4. The van der Waals surface area contributed by atoms with Gasteiger partial charge in [-0.15, -0.1) is 0 Å². The Morgan fingerprint density at radius 1 is 0.500 bits per heavy atom. The minimum Gasteiger partial charge on any atom is -0.273 e. The summed E-state index contributed by atoms with van der Waals surface area (Å²) in [5.74, 6) is 1.58. The summed E-state index contributed by atoms with van der Waals surface area (Å²) in [5.41, 5.74) is 9.51. The summed E-state index contributed by atoms with van der Waals surface area (Å²) in [6, 6.07) is 14.0. The topological polar surface area (TPSA) is 38.7 Å². The van der Waals surface area contributed by atoms with Gasteiger partial charge in [0.2, 0.25) is 5.30 Å². The van der Waals surface area contributed by atoms with Crippen LogP contribution in [0.5, 0.6) is 11.5 Å². The average Bonchev–Trinajstić information content (AvgIpc) is 3.03. The summed E-state index contributed by atoms with van der Waals surface area (Å²) in [6.45, 7) is 43.4. The molecule has 1 aliphatic heterocycles. The van der Waals surface area contributed by atoms with E-state index in [2.05, 4.69) is 168 Å². The van der Waals surface area contributed by atoms with E-state index in [0.29, 0.717) is 6.42 Å². The highest BCUT2D eigenvalue weighted by molar-refractivity contribution is 7.69. The number of aryl methyl sites for hydroxylation is 1. The van der Waals surface area contributed by atoms with Gasteiger partial charge in [-0.2, -0.15) is 4.89 Å². The Hall–Kier alpha value is -2.35. The molecule has 3 aromatic carbocycles. The summed E-state index contributed by atoms with van der Waals surface area (Å²) in [4.78, 5) is 13.9. The Labute approximate surface area is 320 Å². The second-order valence-electron chi connectivity index (χ2n) is 20.6. The van der Waals surface area contributed by atoms with E-state index in [-0.39, 0.29) is 32.5 Å². The Bertz CT molecular complexity index is 1670. The molecule has 0 radical (unpaired) electrons. The van der Waals surface area contributed by atoms with Crippen molar-refractivity contribution >= 4 is 13.2 Å². The fourth-order valence-electron chi connectivity index (χ4n) is 7.22. The predicted octanol–water partition coefficient (Wildman–Crippen LogP) is 13.8. The van der Waals surface area contributed by atoms with Crippen molar-refractivity contribution in [3.05, 3.63) is 86.5 Å². The fourth-order valence-corrected chi connectivity index (χ4v) is 9.78. The molecule has 4 rings (SSSR count). The van der Waals surface area contributed by atoms with Crippen LogP contribution in [-0.4, -0.2) is 4.89 Å². The minimum atomic E-state index is -3.88. The van der Waals surface area contributed by atoms with Crippen LogP contribution in [0.4, 0.5) is 0 Å². The normalized spacial score (nSPS) is 15.6. The molecule has 0 fully saturated rings. The van der Waals surface area contributed by atoms with Crippen LogP contribution in [0.15, 0.2) is 36.4 Å². The van der Waals surface area contributed by atoms with Crippen molar-refractivity contribution in [1.82, 2.24) is 0 Å². The van der Waals surface area contributed by atoms with Crippen molar-refractivity contribution in [3.63, 3.8) is 0 Å². The molecule has 0 aliphatic carbocycles. The third-order valence-corrected chi connectivity index (χ3v) is 14.8. The largest absolute Gasteiger partial charge is 0.533 e. The zero-order chi connectivity index (χ0) is 39.6. The lowest BCUT2D eigenvalue weighted by molar-refractivity contribution is 0.340. The van der Waals surface area contributed by atoms with Crippen LogP contribution in [0, 0.1) is 6.92 Å². The van der Waals surface area contributed by atoms with Gasteiger partial charge in [0.05, 0.1) is 0 Å². The number of benzene rings is 3. The van der Waals surface area contributed by atoms with Gasteiger partial charge in [-0.1, -0.05) is 167 Å². The maximum absolute atomic E-state index is 13.9. The van der Waals surface area contributed by atoms with Crippen LogP contribution in [0.3, 0.4) is 0 Å². The summed E-state index contributed by atoms with van der Waals surface area (Å²) in [5, 5.41) is 0.827. The number of rotatable bonds is 9. The smallest absolute Gasteiger partial charge is 0.273 e. The number of hydrogen-bond acceptors (Lipinski definition) is 3. The van der Waals surface area contributed by atoms with Gasteiger partial charge in [0.1, 0.15) is 0 Å². The lowest BCUT2D eigenvalue weighted by Crippen LogP contribution is -2.37. The van der Waals surface area contributed by atoms with Gasteiger partial charge in [-0.3, -0.25) is 9.05 Å². The Kier molecular flexibility index (Phi) is 11.5.